The van der Waals surface area contributed by atoms with E-state index in [-0.39, 0.29) is 30.7 Å². The standard InChI is InChI=1S/C14H17N3OS.2ClH/c1-15-11-3-2-6-17(8-11)14(18)10-4-5-12-13(7-10)19-9-16-12;;/h4-5,7,9,11,15H,2-3,6,8H2,1H3;2*1H. The fraction of sp³-hybridized carbons (Fsp3) is 0.429. The normalized spacial score (nSPS) is 18.0. The first-order valence-corrected chi connectivity index (χ1v) is 7.45. The van der Waals surface area contributed by atoms with Gasteiger partial charge in [-0.1, -0.05) is 0 Å². The molecule has 0 aliphatic carbocycles. The van der Waals surface area contributed by atoms with Crippen LogP contribution in [-0.2, 0) is 0 Å². The van der Waals surface area contributed by atoms with Crippen molar-refractivity contribution in [2.75, 3.05) is 20.1 Å². The van der Waals surface area contributed by atoms with Crippen molar-refractivity contribution >= 4 is 52.3 Å². The fourth-order valence-corrected chi connectivity index (χ4v) is 3.28. The molecular formula is C14H19Cl2N3OS. The maximum atomic E-state index is 12.5. The van der Waals surface area contributed by atoms with Gasteiger partial charge in [-0.05, 0) is 38.1 Å². The van der Waals surface area contributed by atoms with E-state index in [1.165, 1.54) is 0 Å². The van der Waals surface area contributed by atoms with Crippen LogP contribution in [0.15, 0.2) is 23.7 Å². The SMILES string of the molecule is CNC1CCCN(C(=O)c2ccc3ncsc3c2)C1.Cl.Cl. The predicted molar refractivity (Wildman–Crippen MR) is 92.1 cm³/mol. The number of aromatic nitrogens is 1. The van der Waals surface area contributed by atoms with Crippen LogP contribution in [0.3, 0.4) is 0 Å². The highest BCUT2D eigenvalue weighted by Gasteiger charge is 2.23. The van der Waals surface area contributed by atoms with E-state index in [0.717, 1.165) is 41.7 Å². The molecule has 1 aromatic heterocycles. The van der Waals surface area contributed by atoms with Crippen LogP contribution in [0.1, 0.15) is 23.2 Å². The number of likely N-dealkylation sites (tertiary alicyclic amines) is 1. The van der Waals surface area contributed by atoms with Gasteiger partial charge in [-0.2, -0.15) is 0 Å². The molecule has 1 N–H and O–H groups in total. The number of hydrogen-bond acceptors (Lipinski definition) is 4. The van der Waals surface area contributed by atoms with E-state index in [1.807, 2.05) is 35.7 Å². The molecular weight excluding hydrogens is 329 g/mol. The number of hydrogen-bond donors (Lipinski definition) is 1. The van der Waals surface area contributed by atoms with Gasteiger partial charge in [0.2, 0.25) is 0 Å². The second kappa shape index (κ2) is 7.94. The van der Waals surface area contributed by atoms with Crippen molar-refractivity contribution in [3.05, 3.63) is 29.3 Å². The second-order valence-electron chi connectivity index (χ2n) is 4.91. The molecule has 116 valence electrons. The van der Waals surface area contributed by atoms with Crippen LogP contribution in [-0.4, -0.2) is 42.0 Å². The van der Waals surface area contributed by atoms with E-state index in [9.17, 15) is 4.79 Å². The largest absolute Gasteiger partial charge is 0.337 e. The van der Waals surface area contributed by atoms with Gasteiger partial charge in [-0.25, -0.2) is 4.98 Å². The Kier molecular flexibility index (Phi) is 6.87. The van der Waals surface area contributed by atoms with Crippen molar-refractivity contribution in [3.8, 4) is 0 Å². The minimum Gasteiger partial charge on any atom is -0.337 e. The van der Waals surface area contributed by atoms with Crippen LogP contribution in [0.25, 0.3) is 10.2 Å². The topological polar surface area (TPSA) is 45.2 Å². The number of amides is 1. The van der Waals surface area contributed by atoms with Gasteiger partial charge >= 0.3 is 0 Å². The van der Waals surface area contributed by atoms with Crippen LogP contribution in [0, 0.1) is 0 Å². The highest BCUT2D eigenvalue weighted by atomic mass is 35.5. The maximum absolute atomic E-state index is 12.5. The van der Waals surface area contributed by atoms with E-state index in [0.29, 0.717) is 6.04 Å². The molecule has 0 spiro atoms. The van der Waals surface area contributed by atoms with Crippen LogP contribution in [0.4, 0.5) is 0 Å². The van der Waals surface area contributed by atoms with Gasteiger partial charge in [0.25, 0.3) is 5.91 Å². The summed E-state index contributed by atoms with van der Waals surface area (Å²) in [5.41, 5.74) is 3.55. The quantitative estimate of drug-likeness (QED) is 0.908. The van der Waals surface area contributed by atoms with Crippen molar-refractivity contribution in [1.29, 1.82) is 0 Å². The van der Waals surface area contributed by atoms with E-state index in [1.54, 1.807) is 11.3 Å². The van der Waals surface area contributed by atoms with E-state index in [4.69, 9.17) is 0 Å². The van der Waals surface area contributed by atoms with Gasteiger partial charge in [-0.15, -0.1) is 36.2 Å². The summed E-state index contributed by atoms with van der Waals surface area (Å²) in [5.74, 6) is 0.134. The molecule has 1 aliphatic rings. The zero-order valence-corrected chi connectivity index (χ0v) is 14.2. The molecule has 2 aromatic rings. The lowest BCUT2D eigenvalue weighted by molar-refractivity contribution is 0.0698. The molecule has 2 heterocycles. The first-order chi connectivity index (χ1) is 9.28. The number of carbonyl (C=O) groups is 1. The number of nitrogens with zero attached hydrogens (tertiary/aromatic N) is 2. The van der Waals surface area contributed by atoms with Crippen LogP contribution in [0.2, 0.25) is 0 Å². The molecule has 1 aromatic carbocycles. The first-order valence-electron chi connectivity index (χ1n) is 6.58. The number of fused-ring (bicyclic) bond motifs is 1. The fourth-order valence-electron chi connectivity index (χ4n) is 2.57. The zero-order valence-electron chi connectivity index (χ0n) is 11.7. The number of likely N-dealkylation sites (N-methyl/N-ethyl adjacent to an activating group) is 1. The summed E-state index contributed by atoms with van der Waals surface area (Å²) >= 11 is 1.58. The molecule has 21 heavy (non-hydrogen) atoms. The average molecular weight is 348 g/mol. The smallest absolute Gasteiger partial charge is 0.253 e. The van der Waals surface area contributed by atoms with Crippen LogP contribution >= 0.6 is 36.2 Å². The molecule has 3 rings (SSSR count). The number of carbonyl (C=O) groups excluding carboxylic acids is 1. The van der Waals surface area contributed by atoms with Crippen LogP contribution < -0.4 is 5.32 Å². The summed E-state index contributed by atoms with van der Waals surface area (Å²) in [7, 11) is 1.96. The highest BCUT2D eigenvalue weighted by molar-refractivity contribution is 7.16. The Labute approximate surface area is 140 Å². The van der Waals surface area contributed by atoms with Crippen molar-refractivity contribution in [1.82, 2.24) is 15.2 Å². The Bertz CT molecular complexity index is 605. The van der Waals surface area contributed by atoms with E-state index >= 15 is 0 Å². The Hall–Kier alpha value is -0.880. The third-order valence-corrected chi connectivity index (χ3v) is 4.49. The number of rotatable bonds is 2. The third-order valence-electron chi connectivity index (χ3n) is 3.70. The van der Waals surface area contributed by atoms with E-state index < -0.39 is 0 Å². The molecule has 1 saturated heterocycles. The summed E-state index contributed by atoms with van der Waals surface area (Å²) in [6.45, 7) is 1.66. The minimum absolute atomic E-state index is 0. The molecule has 0 saturated carbocycles. The molecule has 4 nitrogen and oxygen atoms in total. The number of benzene rings is 1. The zero-order chi connectivity index (χ0) is 13.2. The minimum atomic E-state index is 0. The van der Waals surface area contributed by atoms with Crippen molar-refractivity contribution in [2.45, 2.75) is 18.9 Å². The molecule has 1 fully saturated rings. The van der Waals surface area contributed by atoms with Crippen molar-refractivity contribution in [3.63, 3.8) is 0 Å². The molecule has 0 bridgehead atoms. The predicted octanol–water partition coefficient (Wildman–Crippen LogP) is 2.96. The molecule has 0 radical (unpaired) electrons. The lowest BCUT2D eigenvalue weighted by Crippen LogP contribution is -2.46. The van der Waals surface area contributed by atoms with Gasteiger partial charge in [0.1, 0.15) is 0 Å². The molecule has 7 heteroatoms. The second-order valence-corrected chi connectivity index (χ2v) is 5.80. The summed E-state index contributed by atoms with van der Waals surface area (Å²) in [4.78, 5) is 18.7. The van der Waals surface area contributed by atoms with Crippen molar-refractivity contribution < 1.29 is 4.79 Å². The Morgan fingerprint density at radius 3 is 3.00 bits per heavy atom. The van der Waals surface area contributed by atoms with Gasteiger partial charge in [0, 0.05) is 24.7 Å². The third kappa shape index (κ3) is 3.86. The summed E-state index contributed by atoms with van der Waals surface area (Å²) in [5, 5.41) is 3.26. The van der Waals surface area contributed by atoms with Gasteiger partial charge in [0.15, 0.2) is 0 Å². The number of halogens is 2. The maximum Gasteiger partial charge on any atom is 0.253 e. The summed E-state index contributed by atoms with van der Waals surface area (Å²) in [6.07, 6.45) is 2.22. The molecule has 1 amide bonds. The lowest BCUT2D eigenvalue weighted by atomic mass is 10.0. The Balaban J connectivity index is 0.00000110. The Morgan fingerprint density at radius 2 is 2.24 bits per heavy atom. The van der Waals surface area contributed by atoms with Crippen molar-refractivity contribution in [2.24, 2.45) is 0 Å². The molecule has 1 unspecified atom stereocenters. The van der Waals surface area contributed by atoms with Gasteiger partial charge < -0.3 is 10.2 Å². The van der Waals surface area contributed by atoms with Crippen LogP contribution in [0.5, 0.6) is 0 Å². The van der Waals surface area contributed by atoms with Gasteiger partial charge in [0.05, 0.1) is 15.7 Å². The highest BCUT2D eigenvalue weighted by Crippen LogP contribution is 2.21. The first kappa shape index (κ1) is 18.2. The number of thiazole rings is 1. The molecule has 1 atom stereocenters. The molecule has 1 aliphatic heterocycles. The van der Waals surface area contributed by atoms with E-state index in [2.05, 4.69) is 10.3 Å². The number of piperidine rings is 1. The van der Waals surface area contributed by atoms with Gasteiger partial charge in [-0.3, -0.25) is 4.79 Å². The summed E-state index contributed by atoms with van der Waals surface area (Å²) < 4.78 is 1.08. The lowest BCUT2D eigenvalue weighted by Gasteiger charge is -2.32. The monoisotopic (exact) mass is 347 g/mol. The summed E-state index contributed by atoms with van der Waals surface area (Å²) in [6, 6.07) is 6.19. The Morgan fingerprint density at radius 1 is 1.43 bits per heavy atom. The average Bonchev–Trinajstić information content (AvgIpc) is 2.94. The number of nitrogens with one attached hydrogen (secondary N) is 1.